The van der Waals surface area contributed by atoms with Crippen LogP contribution in [-0.2, 0) is 5.41 Å². The Morgan fingerprint density at radius 3 is 2.10 bits per heavy atom. The van der Waals surface area contributed by atoms with Crippen LogP contribution in [0.5, 0.6) is 5.75 Å². The summed E-state index contributed by atoms with van der Waals surface area (Å²) >= 11 is 0. The van der Waals surface area contributed by atoms with Gasteiger partial charge in [-0.2, -0.15) is 0 Å². The Labute approximate surface area is 127 Å². The number of para-hydroxylation sites is 1. The van der Waals surface area contributed by atoms with Gasteiger partial charge >= 0.3 is 0 Å². The van der Waals surface area contributed by atoms with Crippen LogP contribution in [-0.4, -0.2) is 12.2 Å². The van der Waals surface area contributed by atoms with Crippen molar-refractivity contribution < 1.29 is 9.84 Å². The minimum Gasteiger partial charge on any atom is -0.496 e. The lowest BCUT2D eigenvalue weighted by molar-refractivity contribution is 0.0704. The SMILES string of the molecule is CCC(CC)(c1ccccc1)C(O)c1ccccc1OC. The first-order valence-corrected chi connectivity index (χ1v) is 7.56. The Morgan fingerprint density at radius 2 is 1.52 bits per heavy atom. The van der Waals surface area contributed by atoms with E-state index in [0.29, 0.717) is 0 Å². The van der Waals surface area contributed by atoms with E-state index in [4.69, 9.17) is 4.74 Å². The van der Waals surface area contributed by atoms with Gasteiger partial charge in [-0.15, -0.1) is 0 Å². The molecule has 0 saturated carbocycles. The second kappa shape index (κ2) is 6.77. The van der Waals surface area contributed by atoms with Crippen LogP contribution in [0.4, 0.5) is 0 Å². The molecule has 0 fully saturated rings. The smallest absolute Gasteiger partial charge is 0.124 e. The van der Waals surface area contributed by atoms with Gasteiger partial charge < -0.3 is 9.84 Å². The van der Waals surface area contributed by atoms with Gasteiger partial charge in [-0.05, 0) is 24.5 Å². The molecule has 0 saturated heterocycles. The van der Waals surface area contributed by atoms with Crippen molar-refractivity contribution in [1.29, 1.82) is 0 Å². The number of aliphatic hydroxyl groups is 1. The molecule has 0 radical (unpaired) electrons. The third-order valence-corrected chi connectivity index (χ3v) is 4.57. The van der Waals surface area contributed by atoms with Gasteiger partial charge in [-0.1, -0.05) is 62.4 Å². The summed E-state index contributed by atoms with van der Waals surface area (Å²) in [5, 5.41) is 11.1. The summed E-state index contributed by atoms with van der Waals surface area (Å²) < 4.78 is 5.43. The Balaban J connectivity index is 2.52. The van der Waals surface area contributed by atoms with E-state index in [-0.39, 0.29) is 5.41 Å². The van der Waals surface area contributed by atoms with Crippen molar-refractivity contribution in [3.8, 4) is 5.75 Å². The number of benzene rings is 2. The molecule has 0 aliphatic carbocycles. The van der Waals surface area contributed by atoms with E-state index in [2.05, 4.69) is 26.0 Å². The lowest BCUT2D eigenvalue weighted by atomic mass is 9.69. The third-order valence-electron chi connectivity index (χ3n) is 4.57. The van der Waals surface area contributed by atoms with E-state index in [9.17, 15) is 5.11 Å². The molecular weight excluding hydrogens is 260 g/mol. The fraction of sp³-hybridized carbons (Fsp3) is 0.368. The molecule has 2 heteroatoms. The average molecular weight is 284 g/mol. The number of aliphatic hydroxyl groups excluding tert-OH is 1. The number of rotatable bonds is 6. The summed E-state index contributed by atoms with van der Waals surface area (Å²) in [4.78, 5) is 0. The van der Waals surface area contributed by atoms with Crippen LogP contribution in [0.25, 0.3) is 0 Å². The molecule has 0 amide bonds. The van der Waals surface area contributed by atoms with E-state index in [0.717, 1.165) is 24.2 Å². The Kier molecular flexibility index (Phi) is 5.03. The molecule has 0 aliphatic heterocycles. The van der Waals surface area contributed by atoms with Crippen molar-refractivity contribution in [2.24, 2.45) is 0 Å². The fourth-order valence-corrected chi connectivity index (χ4v) is 3.16. The number of hydrogen-bond donors (Lipinski definition) is 1. The van der Waals surface area contributed by atoms with E-state index in [1.54, 1.807) is 7.11 Å². The molecule has 0 heterocycles. The summed E-state index contributed by atoms with van der Waals surface area (Å²) in [6.45, 7) is 4.27. The molecule has 0 spiro atoms. The van der Waals surface area contributed by atoms with Crippen LogP contribution in [0.15, 0.2) is 54.6 Å². The third kappa shape index (κ3) is 2.81. The van der Waals surface area contributed by atoms with Gasteiger partial charge in [0.05, 0.1) is 13.2 Å². The molecular formula is C19H24O2. The minimum absolute atomic E-state index is 0.296. The second-order valence-electron chi connectivity index (χ2n) is 5.37. The molecule has 112 valence electrons. The number of hydrogen-bond acceptors (Lipinski definition) is 2. The molecule has 1 atom stereocenters. The Bertz CT molecular complexity index is 559. The zero-order valence-corrected chi connectivity index (χ0v) is 13.0. The van der Waals surface area contributed by atoms with Crippen LogP contribution in [0.1, 0.15) is 43.9 Å². The van der Waals surface area contributed by atoms with E-state index in [1.807, 2.05) is 42.5 Å². The molecule has 0 aliphatic rings. The summed E-state index contributed by atoms with van der Waals surface area (Å²) in [5.74, 6) is 0.743. The quantitative estimate of drug-likeness (QED) is 0.847. The van der Waals surface area contributed by atoms with Gasteiger partial charge in [0.2, 0.25) is 0 Å². The average Bonchev–Trinajstić information content (AvgIpc) is 2.57. The molecule has 1 unspecified atom stereocenters. The molecule has 21 heavy (non-hydrogen) atoms. The van der Waals surface area contributed by atoms with Gasteiger partial charge in [-0.25, -0.2) is 0 Å². The van der Waals surface area contributed by atoms with Crippen LogP contribution < -0.4 is 4.74 Å². The Hall–Kier alpha value is -1.80. The van der Waals surface area contributed by atoms with Crippen LogP contribution >= 0.6 is 0 Å². The van der Waals surface area contributed by atoms with E-state index in [1.165, 1.54) is 5.56 Å². The summed E-state index contributed by atoms with van der Waals surface area (Å²) in [7, 11) is 1.65. The van der Waals surface area contributed by atoms with Crippen LogP contribution in [0.3, 0.4) is 0 Å². The number of ether oxygens (including phenoxy) is 1. The first-order chi connectivity index (χ1) is 10.2. The lowest BCUT2D eigenvalue weighted by Crippen LogP contribution is -2.32. The van der Waals surface area contributed by atoms with Crippen molar-refractivity contribution in [2.75, 3.05) is 7.11 Å². The lowest BCUT2D eigenvalue weighted by Gasteiger charge is -2.38. The predicted octanol–water partition coefficient (Wildman–Crippen LogP) is 4.49. The first kappa shape index (κ1) is 15.6. The highest BCUT2D eigenvalue weighted by Crippen LogP contribution is 2.45. The summed E-state index contributed by atoms with van der Waals surface area (Å²) in [6, 6.07) is 18.0. The molecule has 2 aromatic carbocycles. The van der Waals surface area contributed by atoms with E-state index >= 15 is 0 Å². The second-order valence-corrected chi connectivity index (χ2v) is 5.37. The molecule has 0 bridgehead atoms. The maximum atomic E-state index is 11.1. The van der Waals surface area contributed by atoms with Gasteiger partial charge in [0.1, 0.15) is 5.75 Å². The van der Waals surface area contributed by atoms with Crippen molar-refractivity contribution in [1.82, 2.24) is 0 Å². The highest BCUT2D eigenvalue weighted by Gasteiger charge is 2.38. The topological polar surface area (TPSA) is 29.5 Å². The van der Waals surface area contributed by atoms with Gasteiger partial charge in [0.15, 0.2) is 0 Å². The molecule has 1 N–H and O–H groups in total. The zero-order valence-electron chi connectivity index (χ0n) is 13.0. The molecule has 2 rings (SSSR count). The van der Waals surface area contributed by atoms with Crippen molar-refractivity contribution in [3.05, 3.63) is 65.7 Å². The normalized spacial score (nSPS) is 13.0. The van der Waals surface area contributed by atoms with Gasteiger partial charge in [0, 0.05) is 11.0 Å². The maximum Gasteiger partial charge on any atom is 0.124 e. The van der Waals surface area contributed by atoms with Crippen molar-refractivity contribution in [3.63, 3.8) is 0 Å². The van der Waals surface area contributed by atoms with Crippen molar-refractivity contribution >= 4 is 0 Å². The molecule has 2 nitrogen and oxygen atoms in total. The fourth-order valence-electron chi connectivity index (χ4n) is 3.16. The largest absolute Gasteiger partial charge is 0.496 e. The highest BCUT2D eigenvalue weighted by atomic mass is 16.5. The predicted molar refractivity (Wildman–Crippen MR) is 86.7 cm³/mol. The van der Waals surface area contributed by atoms with Gasteiger partial charge in [-0.3, -0.25) is 0 Å². The highest BCUT2D eigenvalue weighted by molar-refractivity contribution is 5.40. The zero-order chi connectivity index (χ0) is 15.3. The Morgan fingerprint density at radius 1 is 0.952 bits per heavy atom. The molecule has 0 aromatic heterocycles. The van der Waals surface area contributed by atoms with E-state index < -0.39 is 6.10 Å². The first-order valence-electron chi connectivity index (χ1n) is 7.56. The number of methoxy groups -OCH3 is 1. The van der Waals surface area contributed by atoms with Crippen molar-refractivity contribution in [2.45, 2.75) is 38.2 Å². The minimum atomic E-state index is -0.592. The standard InChI is InChI=1S/C19H24O2/c1-4-19(5-2,15-11-7-6-8-12-15)18(20)16-13-9-10-14-17(16)21-3/h6-14,18,20H,4-5H2,1-3H3. The van der Waals surface area contributed by atoms with Gasteiger partial charge in [0.25, 0.3) is 0 Å². The van der Waals surface area contributed by atoms with Crippen LogP contribution in [0, 0.1) is 0 Å². The van der Waals surface area contributed by atoms with Crippen LogP contribution in [0.2, 0.25) is 0 Å². The molecule has 2 aromatic rings. The monoisotopic (exact) mass is 284 g/mol. The maximum absolute atomic E-state index is 11.1. The summed E-state index contributed by atoms with van der Waals surface area (Å²) in [6.07, 6.45) is 1.14. The summed E-state index contributed by atoms with van der Waals surface area (Å²) in [5.41, 5.74) is 1.73.